The van der Waals surface area contributed by atoms with Crippen LogP contribution in [-0.2, 0) is 6.42 Å². The molecule has 3 aromatic rings. The van der Waals surface area contributed by atoms with Gasteiger partial charge in [-0.3, -0.25) is 0 Å². The maximum atomic E-state index is 12.2. The lowest BCUT2D eigenvalue weighted by atomic mass is 9.99. The molecule has 0 bridgehead atoms. The summed E-state index contributed by atoms with van der Waals surface area (Å²) in [5.74, 6) is 1.35. The van der Waals surface area contributed by atoms with Crippen molar-refractivity contribution in [3.8, 4) is 17.1 Å². The van der Waals surface area contributed by atoms with Crippen molar-refractivity contribution in [3.05, 3.63) is 77.2 Å². The minimum Gasteiger partial charge on any atom is -0.497 e. The molecule has 0 unspecified atom stereocenters. The van der Waals surface area contributed by atoms with Crippen LogP contribution >= 0.6 is 0 Å². The van der Waals surface area contributed by atoms with E-state index in [9.17, 15) is 4.79 Å². The molecule has 0 fully saturated rings. The highest BCUT2D eigenvalue weighted by Gasteiger charge is 2.14. The SMILES string of the molecule is C=CCc1c(-c2ccc(OC)cc2)oc(=O)c2ccccc12. The molecular weight excluding hydrogens is 276 g/mol. The molecule has 0 saturated carbocycles. The Kier molecular flexibility index (Phi) is 3.79. The van der Waals surface area contributed by atoms with Crippen molar-refractivity contribution in [2.45, 2.75) is 6.42 Å². The van der Waals surface area contributed by atoms with Crippen molar-refractivity contribution in [3.63, 3.8) is 0 Å². The first-order valence-corrected chi connectivity index (χ1v) is 7.04. The highest BCUT2D eigenvalue weighted by molar-refractivity contribution is 5.88. The molecule has 3 nitrogen and oxygen atoms in total. The number of hydrogen-bond donors (Lipinski definition) is 0. The highest BCUT2D eigenvalue weighted by Crippen LogP contribution is 2.30. The van der Waals surface area contributed by atoms with E-state index in [0.29, 0.717) is 17.6 Å². The maximum absolute atomic E-state index is 12.2. The molecule has 0 saturated heterocycles. The molecule has 0 N–H and O–H groups in total. The molecule has 2 aromatic carbocycles. The van der Waals surface area contributed by atoms with Crippen molar-refractivity contribution >= 4 is 10.8 Å². The molecule has 0 aliphatic carbocycles. The predicted molar refractivity (Wildman–Crippen MR) is 88.4 cm³/mol. The van der Waals surface area contributed by atoms with E-state index in [2.05, 4.69) is 6.58 Å². The van der Waals surface area contributed by atoms with Crippen molar-refractivity contribution in [1.29, 1.82) is 0 Å². The van der Waals surface area contributed by atoms with Crippen molar-refractivity contribution in [1.82, 2.24) is 0 Å². The number of methoxy groups -OCH3 is 1. The Labute approximate surface area is 128 Å². The number of rotatable bonds is 4. The van der Waals surface area contributed by atoms with Gasteiger partial charge in [-0.15, -0.1) is 6.58 Å². The third-order valence-electron chi connectivity index (χ3n) is 3.64. The van der Waals surface area contributed by atoms with Gasteiger partial charge in [-0.1, -0.05) is 24.3 Å². The molecule has 0 aliphatic rings. The maximum Gasteiger partial charge on any atom is 0.344 e. The lowest BCUT2D eigenvalue weighted by Crippen LogP contribution is -2.04. The van der Waals surface area contributed by atoms with Gasteiger partial charge < -0.3 is 9.15 Å². The summed E-state index contributed by atoms with van der Waals surface area (Å²) >= 11 is 0. The van der Waals surface area contributed by atoms with E-state index in [1.165, 1.54) is 0 Å². The average Bonchev–Trinajstić information content (AvgIpc) is 2.57. The predicted octanol–water partition coefficient (Wildman–Crippen LogP) is 4.20. The van der Waals surface area contributed by atoms with Gasteiger partial charge in [-0.2, -0.15) is 0 Å². The Morgan fingerprint density at radius 2 is 1.77 bits per heavy atom. The first kappa shape index (κ1) is 14.1. The van der Waals surface area contributed by atoms with Gasteiger partial charge in [0.15, 0.2) is 0 Å². The molecule has 0 spiro atoms. The second-order valence-corrected chi connectivity index (χ2v) is 4.96. The first-order chi connectivity index (χ1) is 10.7. The smallest absolute Gasteiger partial charge is 0.344 e. The van der Waals surface area contributed by atoms with Crippen LogP contribution in [0.25, 0.3) is 22.1 Å². The summed E-state index contributed by atoms with van der Waals surface area (Å²) in [7, 11) is 1.62. The summed E-state index contributed by atoms with van der Waals surface area (Å²) in [6, 6.07) is 15.0. The van der Waals surface area contributed by atoms with Crippen LogP contribution in [0.3, 0.4) is 0 Å². The molecule has 0 atom stereocenters. The number of allylic oxidation sites excluding steroid dienone is 1. The van der Waals surface area contributed by atoms with Crippen LogP contribution in [0, 0.1) is 0 Å². The van der Waals surface area contributed by atoms with E-state index < -0.39 is 0 Å². The normalized spacial score (nSPS) is 10.6. The van der Waals surface area contributed by atoms with Gasteiger partial charge in [0.05, 0.1) is 12.5 Å². The second kappa shape index (κ2) is 5.90. The molecule has 0 radical (unpaired) electrons. The Bertz CT molecular complexity index is 873. The Morgan fingerprint density at radius 1 is 1.09 bits per heavy atom. The first-order valence-electron chi connectivity index (χ1n) is 7.04. The lowest BCUT2D eigenvalue weighted by molar-refractivity contribution is 0.415. The summed E-state index contributed by atoms with van der Waals surface area (Å²) in [5, 5.41) is 1.50. The van der Waals surface area contributed by atoms with Gasteiger partial charge in [-0.05, 0) is 42.1 Å². The van der Waals surface area contributed by atoms with Gasteiger partial charge in [0, 0.05) is 11.1 Å². The zero-order valence-electron chi connectivity index (χ0n) is 12.3. The van der Waals surface area contributed by atoms with Crippen molar-refractivity contribution in [2.75, 3.05) is 7.11 Å². The van der Waals surface area contributed by atoms with Crippen LogP contribution in [-0.4, -0.2) is 7.11 Å². The summed E-state index contributed by atoms with van der Waals surface area (Å²) in [6.45, 7) is 3.81. The van der Waals surface area contributed by atoms with Gasteiger partial charge in [-0.25, -0.2) is 4.79 Å². The third kappa shape index (κ3) is 2.42. The van der Waals surface area contributed by atoms with E-state index >= 15 is 0 Å². The summed E-state index contributed by atoms with van der Waals surface area (Å²) in [4.78, 5) is 12.2. The molecule has 110 valence electrons. The Hall–Kier alpha value is -2.81. The topological polar surface area (TPSA) is 39.4 Å². The Morgan fingerprint density at radius 3 is 2.41 bits per heavy atom. The number of ether oxygens (including phenoxy) is 1. The van der Waals surface area contributed by atoms with Crippen LogP contribution in [0.5, 0.6) is 5.75 Å². The largest absolute Gasteiger partial charge is 0.497 e. The summed E-state index contributed by atoms with van der Waals surface area (Å²) in [5.41, 5.74) is 1.49. The van der Waals surface area contributed by atoms with Crippen molar-refractivity contribution < 1.29 is 9.15 Å². The lowest BCUT2D eigenvalue weighted by Gasteiger charge is -2.10. The Balaban J connectivity index is 2.29. The summed E-state index contributed by atoms with van der Waals surface area (Å²) < 4.78 is 10.8. The van der Waals surface area contributed by atoms with E-state index in [-0.39, 0.29) is 5.63 Å². The van der Waals surface area contributed by atoms with Crippen LogP contribution in [0.2, 0.25) is 0 Å². The monoisotopic (exact) mass is 292 g/mol. The quantitative estimate of drug-likeness (QED) is 0.677. The molecule has 1 heterocycles. The molecule has 0 amide bonds. The van der Waals surface area contributed by atoms with Crippen LogP contribution in [0.1, 0.15) is 5.56 Å². The van der Waals surface area contributed by atoms with E-state index in [0.717, 1.165) is 22.3 Å². The molecule has 3 heteroatoms. The highest BCUT2D eigenvalue weighted by atomic mass is 16.5. The number of benzene rings is 2. The fourth-order valence-corrected chi connectivity index (χ4v) is 2.58. The zero-order chi connectivity index (χ0) is 15.5. The van der Waals surface area contributed by atoms with E-state index in [4.69, 9.17) is 9.15 Å². The summed E-state index contributed by atoms with van der Waals surface area (Å²) in [6.07, 6.45) is 2.44. The second-order valence-electron chi connectivity index (χ2n) is 4.96. The standard InChI is InChI=1S/C19H16O3/c1-3-6-16-15-7-4-5-8-17(15)19(20)22-18(16)13-9-11-14(21-2)12-10-13/h3-5,7-12H,1,6H2,2H3. The van der Waals surface area contributed by atoms with Gasteiger partial charge in [0.2, 0.25) is 0 Å². The minimum absolute atomic E-state index is 0.325. The van der Waals surface area contributed by atoms with Crippen LogP contribution in [0.15, 0.2) is 70.4 Å². The average molecular weight is 292 g/mol. The number of fused-ring (bicyclic) bond motifs is 1. The fourth-order valence-electron chi connectivity index (χ4n) is 2.58. The minimum atomic E-state index is -0.325. The van der Waals surface area contributed by atoms with Gasteiger partial charge in [0.25, 0.3) is 0 Å². The zero-order valence-corrected chi connectivity index (χ0v) is 12.3. The molecule has 1 aromatic heterocycles. The molecule has 22 heavy (non-hydrogen) atoms. The van der Waals surface area contributed by atoms with Crippen LogP contribution < -0.4 is 10.4 Å². The fraction of sp³-hybridized carbons (Fsp3) is 0.105. The van der Waals surface area contributed by atoms with E-state index in [1.54, 1.807) is 13.2 Å². The van der Waals surface area contributed by atoms with Crippen molar-refractivity contribution in [2.24, 2.45) is 0 Å². The molecule has 0 aliphatic heterocycles. The van der Waals surface area contributed by atoms with Gasteiger partial charge >= 0.3 is 5.63 Å². The molecular formula is C19H16O3. The van der Waals surface area contributed by atoms with Crippen LogP contribution in [0.4, 0.5) is 0 Å². The third-order valence-corrected chi connectivity index (χ3v) is 3.64. The number of hydrogen-bond acceptors (Lipinski definition) is 3. The molecule has 3 rings (SSSR count). The van der Waals surface area contributed by atoms with Gasteiger partial charge in [0.1, 0.15) is 11.5 Å². The van der Waals surface area contributed by atoms with E-state index in [1.807, 2.05) is 48.5 Å².